The number of allylic oxidation sites excluding steroid dienone is 4. The molecule has 0 spiro atoms. The van der Waals surface area contributed by atoms with E-state index in [0.717, 1.165) is 0 Å². The monoisotopic (exact) mass is 376 g/mol. The number of rotatable bonds is 4. The van der Waals surface area contributed by atoms with Crippen LogP contribution in [0.3, 0.4) is 0 Å². The molecule has 8 nitrogen and oxygen atoms in total. The summed E-state index contributed by atoms with van der Waals surface area (Å²) in [6.07, 6.45) is 6.11. The van der Waals surface area contributed by atoms with Gasteiger partial charge in [-0.15, -0.1) is 0 Å². The molecule has 0 fully saturated rings. The lowest BCUT2D eigenvalue weighted by atomic mass is 10.0. The van der Waals surface area contributed by atoms with E-state index in [0.29, 0.717) is 5.56 Å². The van der Waals surface area contributed by atoms with Crippen molar-refractivity contribution in [2.24, 2.45) is 0 Å². The summed E-state index contributed by atoms with van der Waals surface area (Å²) in [5.41, 5.74) is 0.474. The quantitative estimate of drug-likeness (QED) is 0.578. The zero-order valence-corrected chi connectivity index (χ0v) is 14.4. The minimum absolute atomic E-state index is 0. The maximum atomic E-state index is 11.7. The summed E-state index contributed by atoms with van der Waals surface area (Å²) in [4.78, 5) is 0. The van der Waals surface area contributed by atoms with Crippen LogP contribution in [0.2, 0.25) is 0 Å². The van der Waals surface area contributed by atoms with Crippen molar-refractivity contribution in [3.63, 3.8) is 0 Å². The highest BCUT2D eigenvalue weighted by Crippen LogP contribution is 2.38. The highest BCUT2D eigenvalue weighted by molar-refractivity contribution is 8.05. The topological polar surface area (TPSA) is 179 Å². The molecule has 0 atom stereocenters. The summed E-state index contributed by atoms with van der Waals surface area (Å²) < 4.78 is 62.8. The first-order chi connectivity index (χ1) is 10.2. The summed E-state index contributed by atoms with van der Waals surface area (Å²) in [7, 11) is -10.2. The third-order valence-corrected chi connectivity index (χ3v) is 7.06. The first-order valence-electron chi connectivity index (χ1n) is 6.23. The van der Waals surface area contributed by atoms with Crippen molar-refractivity contribution in [3.8, 4) is 0 Å². The third-order valence-electron chi connectivity index (χ3n) is 3.33. The fraction of sp³-hybridized carbons (Fsp3) is 0.143. The van der Waals surface area contributed by atoms with Crippen molar-refractivity contribution in [3.05, 3.63) is 65.8 Å². The normalized spacial score (nSPS) is 16.8. The Bertz CT molecular complexity index is 824. The van der Waals surface area contributed by atoms with E-state index in [1.807, 2.05) is 0 Å². The van der Waals surface area contributed by atoms with E-state index in [1.165, 1.54) is 30.4 Å². The summed E-state index contributed by atoms with van der Waals surface area (Å²) in [6.45, 7) is 0. The first-order valence-corrected chi connectivity index (χ1v) is 9.11. The van der Waals surface area contributed by atoms with Gasteiger partial charge in [0.1, 0.15) is 0 Å². The van der Waals surface area contributed by atoms with Gasteiger partial charge in [0.05, 0.1) is 0 Å². The lowest BCUT2D eigenvalue weighted by molar-refractivity contribution is 0.434. The molecule has 1 aromatic carbocycles. The Hall–Kier alpha value is -1.82. The van der Waals surface area contributed by atoms with Crippen LogP contribution in [0.1, 0.15) is 12.0 Å². The standard InChI is InChI=1S/C14H14O6S2.2H3N/c15-21(16,17)14(22(18,19)20)11-5-4-8-13(14)10-9-12-6-2-1-3-7-12;;/h1-10H,11H2,(H,15,16,17)(H,18,19,20);2*1H3. The highest BCUT2D eigenvalue weighted by Gasteiger charge is 2.56. The Morgan fingerprint density at radius 2 is 1.46 bits per heavy atom. The van der Waals surface area contributed by atoms with Crippen LogP contribution in [-0.4, -0.2) is 30.0 Å². The minimum Gasteiger partial charge on any atom is -0.344 e. The number of benzene rings is 1. The van der Waals surface area contributed by atoms with E-state index >= 15 is 0 Å². The van der Waals surface area contributed by atoms with E-state index in [1.54, 1.807) is 30.3 Å². The van der Waals surface area contributed by atoms with E-state index in [-0.39, 0.29) is 17.9 Å². The maximum absolute atomic E-state index is 11.7. The van der Waals surface area contributed by atoms with Crippen LogP contribution in [0.25, 0.3) is 6.08 Å². The number of hydrogen-bond acceptors (Lipinski definition) is 6. The van der Waals surface area contributed by atoms with Crippen LogP contribution in [0, 0.1) is 0 Å². The zero-order chi connectivity index (χ0) is 16.4. The predicted octanol–water partition coefficient (Wildman–Crippen LogP) is 2.38. The lowest BCUT2D eigenvalue weighted by Gasteiger charge is -2.29. The van der Waals surface area contributed by atoms with E-state index in [9.17, 15) is 25.9 Å². The van der Waals surface area contributed by atoms with Crippen molar-refractivity contribution in [2.75, 3.05) is 0 Å². The second-order valence-corrected chi connectivity index (χ2v) is 8.25. The molecule has 10 heteroatoms. The molecular weight excluding hydrogens is 356 g/mol. The summed E-state index contributed by atoms with van der Waals surface area (Å²) in [5.74, 6) is 0. The van der Waals surface area contributed by atoms with Crippen molar-refractivity contribution in [1.82, 2.24) is 12.3 Å². The Morgan fingerprint density at radius 3 is 1.96 bits per heavy atom. The highest BCUT2D eigenvalue weighted by atomic mass is 32.3. The molecule has 0 heterocycles. The molecule has 1 aliphatic rings. The largest absolute Gasteiger partial charge is 0.344 e. The van der Waals surface area contributed by atoms with Gasteiger partial charge >= 0.3 is 0 Å². The van der Waals surface area contributed by atoms with Crippen LogP contribution in [-0.2, 0) is 20.2 Å². The molecule has 2 rings (SSSR count). The SMILES string of the molecule is N.N.O=S(=O)(O)C1(S(=O)(=O)O)CC=CC=C1C=Cc1ccccc1. The number of hydrogen-bond donors (Lipinski definition) is 4. The summed E-state index contributed by atoms with van der Waals surface area (Å²) in [6, 6.07) is 8.78. The molecule has 134 valence electrons. The van der Waals surface area contributed by atoms with Crippen molar-refractivity contribution in [1.29, 1.82) is 0 Å². The molecule has 1 aliphatic carbocycles. The van der Waals surface area contributed by atoms with Crippen LogP contribution in [0.5, 0.6) is 0 Å². The van der Waals surface area contributed by atoms with E-state index < -0.39 is 30.7 Å². The molecule has 1 aromatic rings. The second kappa shape index (κ2) is 7.83. The van der Waals surface area contributed by atoms with E-state index in [2.05, 4.69) is 0 Å². The van der Waals surface area contributed by atoms with Gasteiger partial charge in [-0.3, -0.25) is 9.11 Å². The Labute approximate surface area is 141 Å². The maximum Gasteiger partial charge on any atom is 0.292 e. The average Bonchev–Trinajstić information content (AvgIpc) is 2.44. The predicted molar refractivity (Wildman–Crippen MR) is 93.2 cm³/mol. The van der Waals surface area contributed by atoms with Gasteiger partial charge in [0.15, 0.2) is 0 Å². The molecule has 0 saturated heterocycles. The van der Waals surface area contributed by atoms with Crippen molar-refractivity contribution >= 4 is 26.3 Å². The molecule has 0 bridgehead atoms. The van der Waals surface area contributed by atoms with Crippen LogP contribution >= 0.6 is 0 Å². The second-order valence-electron chi connectivity index (χ2n) is 4.70. The first kappa shape index (κ1) is 22.2. The lowest BCUT2D eigenvalue weighted by Crippen LogP contribution is -2.47. The van der Waals surface area contributed by atoms with Crippen molar-refractivity contribution in [2.45, 2.75) is 10.5 Å². The van der Waals surface area contributed by atoms with Gasteiger partial charge in [-0.1, -0.05) is 60.7 Å². The third kappa shape index (κ3) is 3.98. The molecule has 24 heavy (non-hydrogen) atoms. The Morgan fingerprint density at radius 1 is 0.917 bits per heavy atom. The summed E-state index contributed by atoms with van der Waals surface area (Å²) in [5, 5.41) is 0. The Balaban J connectivity index is 0.00000264. The molecule has 0 aliphatic heterocycles. The van der Waals surface area contributed by atoms with Gasteiger partial charge in [-0.05, 0) is 11.1 Å². The van der Waals surface area contributed by atoms with Crippen LogP contribution in [0.4, 0.5) is 0 Å². The summed E-state index contributed by atoms with van der Waals surface area (Å²) >= 11 is 0. The zero-order valence-electron chi connectivity index (χ0n) is 12.7. The molecule has 8 N–H and O–H groups in total. The molecule has 0 aromatic heterocycles. The molecule has 0 amide bonds. The fourth-order valence-electron chi connectivity index (χ4n) is 2.21. The smallest absolute Gasteiger partial charge is 0.292 e. The van der Waals surface area contributed by atoms with Gasteiger partial charge in [-0.2, -0.15) is 16.8 Å². The van der Waals surface area contributed by atoms with Gasteiger partial charge in [0.2, 0.25) is 0 Å². The minimum atomic E-state index is -5.11. The fourth-order valence-corrected chi connectivity index (χ4v) is 4.76. The van der Waals surface area contributed by atoms with Gasteiger partial charge in [0, 0.05) is 6.42 Å². The molecule has 0 radical (unpaired) electrons. The molecule has 0 unspecified atom stereocenters. The Kier molecular flexibility index (Phi) is 7.24. The van der Waals surface area contributed by atoms with Gasteiger partial charge in [0.25, 0.3) is 24.3 Å². The average molecular weight is 376 g/mol. The van der Waals surface area contributed by atoms with Crippen LogP contribution < -0.4 is 12.3 Å². The molecular formula is C14H20N2O6S2. The molecule has 0 saturated carbocycles. The van der Waals surface area contributed by atoms with Gasteiger partial charge in [-0.25, -0.2) is 0 Å². The van der Waals surface area contributed by atoms with Gasteiger partial charge < -0.3 is 12.3 Å². The van der Waals surface area contributed by atoms with Crippen LogP contribution in [0.15, 0.2) is 60.2 Å². The van der Waals surface area contributed by atoms with Crippen molar-refractivity contribution < 1.29 is 25.9 Å². The van der Waals surface area contributed by atoms with E-state index in [4.69, 9.17) is 0 Å².